The number of rotatable bonds is 5. The van der Waals surface area contributed by atoms with E-state index in [-0.39, 0.29) is 12.2 Å². The van der Waals surface area contributed by atoms with Gasteiger partial charge in [0.2, 0.25) is 0 Å². The number of nitrogens with one attached hydrogen (secondary N) is 1. The van der Waals surface area contributed by atoms with E-state index in [9.17, 15) is 4.79 Å². The molecule has 0 aliphatic heterocycles. The Balaban J connectivity index is 2.07. The number of hydrogen-bond acceptors (Lipinski definition) is 4. The van der Waals surface area contributed by atoms with Gasteiger partial charge in [-0.1, -0.05) is 23.2 Å². The molecule has 0 aliphatic rings. The first-order valence-electron chi connectivity index (χ1n) is 6.91. The lowest BCUT2D eigenvalue weighted by Gasteiger charge is -2.06. The third-order valence-corrected chi connectivity index (χ3v) is 3.64. The third kappa shape index (κ3) is 4.72. The van der Waals surface area contributed by atoms with Crippen LogP contribution in [0.4, 0.5) is 0 Å². The fourth-order valence-electron chi connectivity index (χ4n) is 1.84. The van der Waals surface area contributed by atoms with Crippen LogP contribution >= 0.6 is 23.2 Å². The lowest BCUT2D eigenvalue weighted by atomic mass is 10.1. The molecule has 1 N–H and O–H groups in total. The molecule has 7 heteroatoms. The predicted octanol–water partition coefficient (Wildman–Crippen LogP) is 4.05. The molecule has 2 aromatic rings. The van der Waals surface area contributed by atoms with E-state index >= 15 is 0 Å². The van der Waals surface area contributed by atoms with E-state index in [1.807, 2.05) is 6.07 Å². The summed E-state index contributed by atoms with van der Waals surface area (Å²) >= 11 is 11.8. The molecule has 0 bridgehead atoms. The summed E-state index contributed by atoms with van der Waals surface area (Å²) in [4.78, 5) is 12.1. The van der Waals surface area contributed by atoms with Crippen molar-refractivity contribution < 1.29 is 9.53 Å². The van der Waals surface area contributed by atoms with Gasteiger partial charge in [0, 0.05) is 5.02 Å². The average molecular weight is 362 g/mol. The van der Waals surface area contributed by atoms with Crippen molar-refractivity contribution in [2.75, 3.05) is 6.61 Å². The highest BCUT2D eigenvalue weighted by Gasteiger charge is 2.10. The standard InChI is InChI=1S/C17H13Cl2N3O2/c1-11(12-2-5-14(6-3-12)24-9-8-20)21-22-17(23)15-10-13(18)4-7-16(15)19/h2-7,10H,9H2,1H3,(H,22,23)/b21-11-. The lowest BCUT2D eigenvalue weighted by molar-refractivity contribution is 0.0955. The van der Waals surface area contributed by atoms with Gasteiger partial charge in [0.25, 0.3) is 5.91 Å². The van der Waals surface area contributed by atoms with Crippen LogP contribution in [0.2, 0.25) is 10.0 Å². The first-order valence-corrected chi connectivity index (χ1v) is 7.66. The minimum atomic E-state index is -0.448. The molecule has 0 fully saturated rings. The van der Waals surface area contributed by atoms with Crippen LogP contribution in [0.15, 0.2) is 47.6 Å². The second-order valence-corrected chi connectivity index (χ2v) is 5.58. The van der Waals surface area contributed by atoms with Crippen molar-refractivity contribution >= 4 is 34.8 Å². The Bertz CT molecular complexity index is 812. The van der Waals surface area contributed by atoms with Gasteiger partial charge in [-0.25, -0.2) is 5.43 Å². The zero-order chi connectivity index (χ0) is 17.5. The predicted molar refractivity (Wildman–Crippen MR) is 93.7 cm³/mol. The van der Waals surface area contributed by atoms with Gasteiger partial charge in [0.1, 0.15) is 11.8 Å². The van der Waals surface area contributed by atoms with Gasteiger partial charge >= 0.3 is 0 Å². The van der Waals surface area contributed by atoms with Gasteiger partial charge in [-0.05, 0) is 55.0 Å². The van der Waals surface area contributed by atoms with Crippen molar-refractivity contribution in [3.8, 4) is 11.8 Å². The Morgan fingerprint density at radius 2 is 1.96 bits per heavy atom. The van der Waals surface area contributed by atoms with Crippen LogP contribution in [0.1, 0.15) is 22.8 Å². The highest BCUT2D eigenvalue weighted by Crippen LogP contribution is 2.20. The van der Waals surface area contributed by atoms with Gasteiger partial charge in [-0.15, -0.1) is 0 Å². The van der Waals surface area contributed by atoms with Crippen molar-refractivity contribution in [2.45, 2.75) is 6.92 Å². The molecule has 0 saturated heterocycles. The molecule has 1 amide bonds. The molecular formula is C17H13Cl2N3O2. The first kappa shape index (κ1) is 17.8. The Labute approximate surface area is 149 Å². The normalized spacial score (nSPS) is 10.8. The van der Waals surface area contributed by atoms with Crippen molar-refractivity contribution in [2.24, 2.45) is 5.10 Å². The minimum absolute atomic E-state index is 0.0110. The van der Waals surface area contributed by atoms with Crippen molar-refractivity contribution in [3.05, 3.63) is 63.6 Å². The quantitative estimate of drug-likeness (QED) is 0.644. The molecule has 0 heterocycles. The molecular weight excluding hydrogens is 349 g/mol. The molecule has 122 valence electrons. The SMILES string of the molecule is C/C(=N/NC(=O)c1cc(Cl)ccc1Cl)c1ccc(OCC#N)cc1. The Kier molecular flexibility index (Phi) is 6.19. The topological polar surface area (TPSA) is 74.5 Å². The van der Waals surface area contributed by atoms with Crippen LogP contribution in [0.3, 0.4) is 0 Å². The Hall–Kier alpha value is -2.55. The van der Waals surface area contributed by atoms with Crippen LogP contribution in [-0.4, -0.2) is 18.2 Å². The number of carbonyl (C=O) groups excluding carboxylic acids is 1. The maximum atomic E-state index is 12.1. The minimum Gasteiger partial charge on any atom is -0.479 e. The summed E-state index contributed by atoms with van der Waals surface area (Å²) in [5.41, 5.74) is 4.10. The zero-order valence-electron chi connectivity index (χ0n) is 12.7. The number of nitriles is 1. The fraction of sp³-hybridized carbons (Fsp3) is 0.118. The molecule has 2 aromatic carbocycles. The largest absolute Gasteiger partial charge is 0.479 e. The number of nitrogens with zero attached hydrogens (tertiary/aromatic N) is 2. The number of halogens is 2. The molecule has 2 rings (SSSR count). The van der Waals surface area contributed by atoms with Crippen LogP contribution in [-0.2, 0) is 0 Å². The van der Waals surface area contributed by atoms with E-state index in [0.717, 1.165) is 5.56 Å². The van der Waals surface area contributed by atoms with Crippen LogP contribution in [0.5, 0.6) is 5.75 Å². The van der Waals surface area contributed by atoms with Gasteiger partial charge in [-0.2, -0.15) is 10.4 Å². The third-order valence-electron chi connectivity index (χ3n) is 3.07. The molecule has 24 heavy (non-hydrogen) atoms. The van der Waals surface area contributed by atoms with E-state index in [4.69, 9.17) is 33.2 Å². The van der Waals surface area contributed by atoms with E-state index in [0.29, 0.717) is 21.5 Å². The van der Waals surface area contributed by atoms with Gasteiger partial charge in [0.05, 0.1) is 16.3 Å². The smallest absolute Gasteiger partial charge is 0.272 e. The summed E-state index contributed by atoms with van der Waals surface area (Å²) in [5, 5.41) is 13.2. The van der Waals surface area contributed by atoms with Gasteiger partial charge in [0.15, 0.2) is 6.61 Å². The number of carbonyl (C=O) groups is 1. The molecule has 0 atom stereocenters. The first-order chi connectivity index (χ1) is 11.5. The van der Waals surface area contributed by atoms with Crippen LogP contribution < -0.4 is 10.2 Å². The lowest BCUT2D eigenvalue weighted by Crippen LogP contribution is -2.19. The van der Waals surface area contributed by atoms with Crippen molar-refractivity contribution in [1.82, 2.24) is 5.43 Å². The summed E-state index contributed by atoms with van der Waals surface area (Å²) < 4.78 is 5.17. The molecule has 5 nitrogen and oxygen atoms in total. The fourth-order valence-corrected chi connectivity index (χ4v) is 2.21. The molecule has 0 aliphatic carbocycles. The van der Waals surface area contributed by atoms with Crippen LogP contribution in [0, 0.1) is 11.3 Å². The summed E-state index contributed by atoms with van der Waals surface area (Å²) in [6.07, 6.45) is 0. The Morgan fingerprint density at radius 3 is 2.62 bits per heavy atom. The summed E-state index contributed by atoms with van der Waals surface area (Å²) in [5.74, 6) is 0.138. The highest BCUT2D eigenvalue weighted by atomic mass is 35.5. The number of benzene rings is 2. The Morgan fingerprint density at radius 1 is 1.25 bits per heavy atom. The maximum absolute atomic E-state index is 12.1. The van der Waals surface area contributed by atoms with Gasteiger partial charge in [-0.3, -0.25) is 4.79 Å². The monoisotopic (exact) mass is 361 g/mol. The second kappa shape index (κ2) is 8.34. The summed E-state index contributed by atoms with van der Waals surface area (Å²) in [7, 11) is 0. The summed E-state index contributed by atoms with van der Waals surface area (Å²) in [6, 6.07) is 13.5. The number of hydrogen-bond donors (Lipinski definition) is 1. The molecule has 0 saturated carbocycles. The second-order valence-electron chi connectivity index (χ2n) is 4.73. The van der Waals surface area contributed by atoms with E-state index in [1.54, 1.807) is 43.3 Å². The zero-order valence-corrected chi connectivity index (χ0v) is 14.2. The highest BCUT2D eigenvalue weighted by molar-refractivity contribution is 6.35. The molecule has 0 aromatic heterocycles. The number of amides is 1. The van der Waals surface area contributed by atoms with Crippen molar-refractivity contribution in [1.29, 1.82) is 5.26 Å². The van der Waals surface area contributed by atoms with Gasteiger partial charge < -0.3 is 4.74 Å². The van der Waals surface area contributed by atoms with Crippen LogP contribution in [0.25, 0.3) is 0 Å². The number of hydrazone groups is 1. The number of ether oxygens (including phenoxy) is 1. The average Bonchev–Trinajstić information content (AvgIpc) is 2.60. The maximum Gasteiger partial charge on any atom is 0.272 e. The summed E-state index contributed by atoms with van der Waals surface area (Å²) in [6.45, 7) is 1.74. The van der Waals surface area contributed by atoms with E-state index in [1.165, 1.54) is 6.07 Å². The van der Waals surface area contributed by atoms with E-state index < -0.39 is 5.91 Å². The molecule has 0 radical (unpaired) electrons. The van der Waals surface area contributed by atoms with Crippen molar-refractivity contribution in [3.63, 3.8) is 0 Å². The van der Waals surface area contributed by atoms with E-state index in [2.05, 4.69) is 10.5 Å². The molecule has 0 unspecified atom stereocenters. The molecule has 0 spiro atoms.